The van der Waals surface area contributed by atoms with Crippen LogP contribution in [0.15, 0.2) is 0 Å². The Hall–Kier alpha value is -1.94. The van der Waals surface area contributed by atoms with Crippen LogP contribution in [0.25, 0.3) is 0 Å². The Morgan fingerprint density at radius 2 is 0.585 bits per heavy atom. The van der Waals surface area contributed by atoms with Crippen molar-refractivity contribution in [2.24, 2.45) is 23.7 Å². The van der Waals surface area contributed by atoms with Gasteiger partial charge in [0.05, 0.1) is 26.4 Å². The minimum absolute atomic E-state index is 0.102. The van der Waals surface area contributed by atoms with Crippen molar-refractivity contribution in [3.63, 3.8) is 0 Å². The highest BCUT2D eigenvalue weighted by Crippen LogP contribution is 2.45. The van der Waals surface area contributed by atoms with Gasteiger partial charge in [0.2, 0.25) is 0 Å². The summed E-state index contributed by atoms with van der Waals surface area (Å²) in [5.74, 6) is 0.724. The minimum Gasteiger partial charge on any atom is -0.462 e. The van der Waals surface area contributed by atoms with Gasteiger partial charge in [-0.1, -0.05) is 248 Å². The minimum atomic E-state index is -4.94. The molecule has 19 heteroatoms. The zero-order valence-corrected chi connectivity index (χ0v) is 54.9. The summed E-state index contributed by atoms with van der Waals surface area (Å²) < 4.78 is 67.9. The third-order valence-corrected chi connectivity index (χ3v) is 16.6. The first kappa shape index (κ1) is 80.1. The molecule has 0 radical (unpaired) electrons. The fourth-order valence-corrected chi connectivity index (χ4v) is 10.8. The van der Waals surface area contributed by atoms with E-state index in [1.807, 2.05) is 0 Å². The van der Waals surface area contributed by atoms with Gasteiger partial charge in [0.25, 0.3) is 0 Å². The summed E-state index contributed by atoms with van der Waals surface area (Å²) in [6, 6.07) is 0. The first-order chi connectivity index (χ1) is 39.1. The van der Waals surface area contributed by atoms with E-state index in [1.54, 1.807) is 0 Å². The molecule has 0 spiro atoms. The SMILES string of the molecule is CCC(C)CCCCCCCCC(=O)OC[C@H](COP(=O)(O)OCC(O)COP(=O)(O)OC[C@@H](COC(=O)CCCCCCCCCC(C)C)OC(=O)CCCCCCCCCC(C)C)OC(=O)CCCCCCCCCCCC(C)C. The summed E-state index contributed by atoms with van der Waals surface area (Å²) in [6.45, 7) is 13.9. The maximum atomic E-state index is 13.0. The summed E-state index contributed by atoms with van der Waals surface area (Å²) in [4.78, 5) is 72.1. The summed E-state index contributed by atoms with van der Waals surface area (Å²) in [5, 5.41) is 10.5. The average molecular weight is 1210 g/mol. The standard InChI is InChI=1S/C63H122O17P2/c1-9-56(8)42-34-26-21-22-28-36-44-61(66)74-50-59(79-62(67)45-37-29-18-12-10-11-15-23-31-39-53(2)3)52-78-82(71,72)76-48-57(64)47-75-81(69,70)77-51-58(80-63(68)46-38-30-20-14-17-25-33-41-55(6)7)49-73-60(65)43-35-27-19-13-16-24-32-40-54(4)5/h53-59,64H,9-52H2,1-8H3,(H,69,70)(H,71,72)/t56?,57?,58-,59-/m1/s1. The van der Waals surface area contributed by atoms with Crippen molar-refractivity contribution in [1.82, 2.24) is 0 Å². The highest BCUT2D eigenvalue weighted by molar-refractivity contribution is 7.47. The molecule has 0 aliphatic carbocycles. The number of carbonyl (C=O) groups is 4. The van der Waals surface area contributed by atoms with E-state index in [-0.39, 0.29) is 25.7 Å². The number of aliphatic hydroxyl groups excluding tert-OH is 1. The summed E-state index contributed by atoms with van der Waals surface area (Å²) in [6.07, 6.45) is 32.3. The molecular weight excluding hydrogens is 1090 g/mol. The Morgan fingerprint density at radius 1 is 0.341 bits per heavy atom. The zero-order valence-electron chi connectivity index (χ0n) is 53.1. The summed E-state index contributed by atoms with van der Waals surface area (Å²) in [5.41, 5.74) is 0. The van der Waals surface area contributed by atoms with E-state index in [4.69, 9.17) is 37.0 Å². The molecule has 486 valence electrons. The van der Waals surface area contributed by atoms with Crippen LogP contribution >= 0.6 is 15.6 Å². The van der Waals surface area contributed by atoms with Crippen LogP contribution in [0.3, 0.4) is 0 Å². The van der Waals surface area contributed by atoms with Gasteiger partial charge in [0.15, 0.2) is 12.2 Å². The van der Waals surface area contributed by atoms with Crippen molar-refractivity contribution < 1.29 is 80.2 Å². The largest absolute Gasteiger partial charge is 0.472 e. The number of ether oxygens (including phenoxy) is 4. The number of unbranched alkanes of at least 4 members (excludes halogenated alkanes) is 25. The van der Waals surface area contributed by atoms with Gasteiger partial charge in [-0.2, -0.15) is 0 Å². The van der Waals surface area contributed by atoms with Crippen LogP contribution in [0, 0.1) is 23.7 Å². The van der Waals surface area contributed by atoms with E-state index < -0.39 is 97.5 Å². The molecule has 0 amide bonds. The fourth-order valence-electron chi connectivity index (χ4n) is 9.22. The second-order valence-corrected chi connectivity index (χ2v) is 27.4. The topological polar surface area (TPSA) is 237 Å². The molecule has 0 saturated heterocycles. The van der Waals surface area contributed by atoms with Crippen LogP contribution in [-0.2, 0) is 65.4 Å². The predicted molar refractivity (Wildman–Crippen MR) is 326 cm³/mol. The maximum Gasteiger partial charge on any atom is 0.472 e. The molecule has 0 fully saturated rings. The number of aliphatic hydroxyl groups is 1. The van der Waals surface area contributed by atoms with Gasteiger partial charge in [0, 0.05) is 25.7 Å². The van der Waals surface area contributed by atoms with E-state index in [1.165, 1.54) is 89.9 Å². The van der Waals surface area contributed by atoms with Gasteiger partial charge in [-0.3, -0.25) is 37.3 Å². The van der Waals surface area contributed by atoms with Crippen LogP contribution in [0.5, 0.6) is 0 Å². The van der Waals surface area contributed by atoms with Crippen LogP contribution in [0.2, 0.25) is 0 Å². The molecule has 0 aromatic carbocycles. The second-order valence-electron chi connectivity index (χ2n) is 24.5. The number of phosphoric acid groups is 2. The number of esters is 4. The van der Waals surface area contributed by atoms with E-state index >= 15 is 0 Å². The van der Waals surface area contributed by atoms with Gasteiger partial charge in [0.1, 0.15) is 19.3 Å². The number of carbonyl (C=O) groups excluding carboxylic acids is 4. The van der Waals surface area contributed by atoms with E-state index in [2.05, 4.69) is 55.4 Å². The molecule has 3 N–H and O–H groups in total. The number of rotatable bonds is 60. The highest BCUT2D eigenvalue weighted by Gasteiger charge is 2.30. The molecule has 0 aromatic rings. The molecule has 0 rings (SSSR count). The lowest BCUT2D eigenvalue weighted by Crippen LogP contribution is -2.30. The molecule has 0 aliphatic rings. The highest BCUT2D eigenvalue weighted by atomic mass is 31.2. The van der Waals surface area contributed by atoms with E-state index in [9.17, 15) is 43.2 Å². The molecule has 0 aliphatic heterocycles. The Labute approximate surface area is 498 Å². The smallest absolute Gasteiger partial charge is 0.462 e. The monoisotopic (exact) mass is 1210 g/mol. The third-order valence-electron chi connectivity index (χ3n) is 14.7. The number of hydrogen-bond acceptors (Lipinski definition) is 15. The van der Waals surface area contributed by atoms with Crippen molar-refractivity contribution >= 4 is 39.5 Å². The molecule has 17 nitrogen and oxygen atoms in total. The number of phosphoric ester groups is 2. The molecule has 4 unspecified atom stereocenters. The van der Waals surface area contributed by atoms with Gasteiger partial charge < -0.3 is 33.8 Å². The Balaban J connectivity index is 5.26. The van der Waals surface area contributed by atoms with Crippen LogP contribution in [0.4, 0.5) is 0 Å². The normalized spacial score (nSPS) is 14.8. The van der Waals surface area contributed by atoms with Crippen LogP contribution in [-0.4, -0.2) is 96.7 Å². The molecule has 0 aromatic heterocycles. The summed E-state index contributed by atoms with van der Waals surface area (Å²) >= 11 is 0. The maximum absolute atomic E-state index is 13.0. The Bertz CT molecular complexity index is 1650. The van der Waals surface area contributed by atoms with Crippen molar-refractivity contribution in [2.75, 3.05) is 39.6 Å². The molecule has 0 heterocycles. The number of hydrogen-bond donors (Lipinski definition) is 3. The first-order valence-corrected chi connectivity index (χ1v) is 35.7. The van der Waals surface area contributed by atoms with Gasteiger partial charge in [-0.25, -0.2) is 9.13 Å². The third kappa shape index (κ3) is 55.9. The lowest BCUT2D eigenvalue weighted by atomic mass is 10.00. The predicted octanol–water partition coefficient (Wildman–Crippen LogP) is 17.0. The average Bonchev–Trinajstić information content (AvgIpc) is 3.44. The van der Waals surface area contributed by atoms with Crippen molar-refractivity contribution in [2.45, 2.75) is 318 Å². The van der Waals surface area contributed by atoms with Crippen molar-refractivity contribution in [1.29, 1.82) is 0 Å². The van der Waals surface area contributed by atoms with Crippen LogP contribution in [0.1, 0.15) is 299 Å². The molecular formula is C63H122O17P2. The summed E-state index contributed by atoms with van der Waals surface area (Å²) in [7, 11) is -9.89. The van der Waals surface area contributed by atoms with E-state index in [0.29, 0.717) is 37.5 Å². The van der Waals surface area contributed by atoms with Gasteiger partial charge in [-0.05, 0) is 49.4 Å². The van der Waals surface area contributed by atoms with Crippen molar-refractivity contribution in [3.8, 4) is 0 Å². The molecule has 82 heavy (non-hydrogen) atoms. The molecule has 0 saturated carbocycles. The molecule has 6 atom stereocenters. The Morgan fingerprint density at radius 3 is 0.866 bits per heavy atom. The Kier molecular flexibility index (Phi) is 52.0. The lowest BCUT2D eigenvalue weighted by Gasteiger charge is -2.21. The molecule has 0 bridgehead atoms. The van der Waals surface area contributed by atoms with Gasteiger partial charge in [-0.15, -0.1) is 0 Å². The second kappa shape index (κ2) is 53.3. The zero-order chi connectivity index (χ0) is 61.1. The quantitative estimate of drug-likeness (QED) is 0.0222. The van der Waals surface area contributed by atoms with Crippen LogP contribution < -0.4 is 0 Å². The van der Waals surface area contributed by atoms with Gasteiger partial charge >= 0.3 is 39.5 Å². The fraction of sp³-hybridized carbons (Fsp3) is 0.937. The lowest BCUT2D eigenvalue weighted by molar-refractivity contribution is -0.161. The van der Waals surface area contributed by atoms with Crippen molar-refractivity contribution in [3.05, 3.63) is 0 Å². The first-order valence-electron chi connectivity index (χ1n) is 32.7. The van der Waals surface area contributed by atoms with E-state index in [0.717, 1.165) is 115 Å².